The van der Waals surface area contributed by atoms with Crippen LogP contribution in [0, 0.1) is 5.92 Å². The molecule has 0 unspecified atom stereocenters. The Hall–Kier alpha value is -4.60. The number of nitrogens with one attached hydrogen (secondary N) is 2. The molecule has 0 aliphatic rings. The third-order valence-electron chi connectivity index (χ3n) is 6.22. The van der Waals surface area contributed by atoms with Crippen LogP contribution in [0.25, 0.3) is 33.3 Å². The molecule has 4 aromatic heterocycles. The predicted molar refractivity (Wildman–Crippen MR) is 161 cm³/mol. The van der Waals surface area contributed by atoms with Gasteiger partial charge in [0.2, 0.25) is 5.89 Å². The molecule has 12 nitrogen and oxygen atoms in total. The highest BCUT2D eigenvalue weighted by Gasteiger charge is 2.35. The fourth-order valence-corrected chi connectivity index (χ4v) is 5.15. The number of ether oxygens (including phenoxy) is 1. The van der Waals surface area contributed by atoms with Crippen molar-refractivity contribution in [3.63, 3.8) is 0 Å². The van der Waals surface area contributed by atoms with Gasteiger partial charge in [0.05, 0.1) is 0 Å². The summed E-state index contributed by atoms with van der Waals surface area (Å²) in [6.07, 6.45) is -2.28. The number of hydrogen-bond donors (Lipinski definition) is 2. The molecule has 1 atom stereocenters. The molecule has 0 radical (unpaired) electrons. The van der Waals surface area contributed by atoms with E-state index in [1.165, 1.54) is 23.4 Å². The summed E-state index contributed by atoms with van der Waals surface area (Å²) < 4.78 is 51.7. The maximum absolute atomic E-state index is 13.4. The van der Waals surface area contributed by atoms with Crippen molar-refractivity contribution in [3.8, 4) is 33.3 Å². The predicted octanol–water partition coefficient (Wildman–Crippen LogP) is 7.04. The molecule has 4 rings (SSSR count). The van der Waals surface area contributed by atoms with Crippen LogP contribution in [0.1, 0.15) is 59.2 Å². The summed E-state index contributed by atoms with van der Waals surface area (Å²) in [5.41, 5.74) is -0.213. The van der Waals surface area contributed by atoms with Gasteiger partial charge in [0, 0.05) is 42.5 Å². The van der Waals surface area contributed by atoms with Crippen molar-refractivity contribution in [1.82, 2.24) is 35.4 Å². The van der Waals surface area contributed by atoms with Gasteiger partial charge >= 0.3 is 18.3 Å². The third kappa shape index (κ3) is 8.12. The zero-order chi connectivity index (χ0) is 33.1. The fraction of sp³-hybridized carbons (Fsp3) is 0.414. The molecule has 4 heterocycles. The van der Waals surface area contributed by atoms with Crippen molar-refractivity contribution in [2.75, 3.05) is 18.9 Å². The number of rotatable bonds is 8. The van der Waals surface area contributed by atoms with Gasteiger partial charge in [-0.1, -0.05) is 13.8 Å². The maximum Gasteiger partial charge on any atom is 0.434 e. The Labute approximate surface area is 261 Å². The lowest BCUT2D eigenvalue weighted by Crippen LogP contribution is -2.38. The molecular weight excluding hydrogens is 613 g/mol. The quantitative estimate of drug-likeness (QED) is 0.206. The minimum atomic E-state index is -4.63. The van der Waals surface area contributed by atoms with Crippen LogP contribution in [-0.2, 0) is 10.9 Å². The number of thiazole rings is 1. The number of carbonyl (C=O) groups is 2. The zero-order valence-corrected chi connectivity index (χ0v) is 26.5. The maximum atomic E-state index is 13.4. The standard InChI is InChI=1S/C29H33F3N8O4S/c1-8-33-26(41)37-21-12-17(25-36-20(14-45-25)29(30,31)32)18(13-35-21)16-9-10-34-19(11-16)23-38-39-24(43-23)22(15(2)3)40(7)27(42)44-28(4,5)6/h9-15,22H,8H2,1-7H3,(H2,33,35,37,41)/t22-/m0/s1. The Morgan fingerprint density at radius 1 is 1.11 bits per heavy atom. The summed E-state index contributed by atoms with van der Waals surface area (Å²) >= 11 is 0.808. The molecule has 0 spiro atoms. The number of urea groups is 1. The molecule has 45 heavy (non-hydrogen) atoms. The largest absolute Gasteiger partial charge is 0.444 e. The molecule has 0 fully saturated rings. The number of alkyl halides is 3. The van der Waals surface area contributed by atoms with Crippen LogP contribution >= 0.6 is 11.3 Å². The molecule has 0 aliphatic carbocycles. The topological polar surface area (TPSA) is 148 Å². The second kappa shape index (κ2) is 13.2. The number of amides is 3. The highest BCUT2D eigenvalue weighted by atomic mass is 32.1. The SMILES string of the molecule is CCNC(=O)Nc1cc(-c2nc(C(F)(F)F)cs2)c(-c2ccnc(-c3nnc([C@H](C(C)C)N(C)C(=O)OC(C)(C)C)o3)c2)cn1. The third-order valence-corrected chi connectivity index (χ3v) is 7.10. The lowest BCUT2D eigenvalue weighted by Gasteiger charge is -2.30. The summed E-state index contributed by atoms with van der Waals surface area (Å²) in [4.78, 5) is 38.7. The normalized spacial score (nSPS) is 12.6. The summed E-state index contributed by atoms with van der Waals surface area (Å²) in [6.45, 7) is 11.2. The minimum Gasteiger partial charge on any atom is -0.444 e. The number of pyridine rings is 2. The molecule has 240 valence electrons. The van der Waals surface area contributed by atoms with Gasteiger partial charge in [-0.2, -0.15) is 13.2 Å². The van der Waals surface area contributed by atoms with Crippen LogP contribution in [0.15, 0.2) is 40.4 Å². The van der Waals surface area contributed by atoms with Gasteiger partial charge in [0.25, 0.3) is 5.89 Å². The van der Waals surface area contributed by atoms with Crippen molar-refractivity contribution < 1.29 is 31.9 Å². The lowest BCUT2D eigenvalue weighted by molar-refractivity contribution is -0.140. The Bertz CT molecular complexity index is 1670. The highest BCUT2D eigenvalue weighted by Crippen LogP contribution is 2.39. The first-order chi connectivity index (χ1) is 21.1. The molecule has 0 aliphatic heterocycles. The van der Waals surface area contributed by atoms with Crippen LogP contribution in [0.5, 0.6) is 0 Å². The van der Waals surface area contributed by atoms with Crippen molar-refractivity contribution in [3.05, 3.63) is 47.6 Å². The van der Waals surface area contributed by atoms with Crippen LogP contribution in [0.4, 0.5) is 28.6 Å². The zero-order valence-electron chi connectivity index (χ0n) is 25.7. The van der Waals surface area contributed by atoms with Gasteiger partial charge < -0.3 is 14.5 Å². The fourth-order valence-electron chi connectivity index (χ4n) is 4.30. The number of aromatic nitrogens is 5. The first kappa shape index (κ1) is 33.3. The Morgan fingerprint density at radius 3 is 2.47 bits per heavy atom. The molecular formula is C29H33F3N8O4S. The molecule has 0 saturated carbocycles. The van der Waals surface area contributed by atoms with E-state index < -0.39 is 35.6 Å². The van der Waals surface area contributed by atoms with Crippen molar-refractivity contribution in [2.45, 2.75) is 59.4 Å². The van der Waals surface area contributed by atoms with Gasteiger partial charge in [-0.05, 0) is 57.4 Å². The Kier molecular flexibility index (Phi) is 9.75. The van der Waals surface area contributed by atoms with Crippen LogP contribution in [-0.4, -0.2) is 61.4 Å². The van der Waals surface area contributed by atoms with E-state index in [0.29, 0.717) is 23.2 Å². The number of nitrogens with zero attached hydrogens (tertiary/aromatic N) is 6. The summed E-state index contributed by atoms with van der Waals surface area (Å²) in [5, 5.41) is 14.5. The second-order valence-electron chi connectivity index (χ2n) is 11.3. The van der Waals surface area contributed by atoms with Crippen molar-refractivity contribution in [2.24, 2.45) is 5.92 Å². The Balaban J connectivity index is 1.72. The number of hydrogen-bond acceptors (Lipinski definition) is 10. The molecule has 3 amide bonds. The Morgan fingerprint density at radius 2 is 1.84 bits per heavy atom. The monoisotopic (exact) mass is 646 g/mol. The van der Waals surface area contributed by atoms with Crippen LogP contribution in [0.2, 0.25) is 0 Å². The highest BCUT2D eigenvalue weighted by molar-refractivity contribution is 7.13. The number of anilines is 1. The van der Waals surface area contributed by atoms with E-state index in [-0.39, 0.29) is 34.2 Å². The molecule has 0 bridgehead atoms. The molecule has 0 saturated heterocycles. The first-order valence-corrected chi connectivity index (χ1v) is 14.8. The van der Waals surface area contributed by atoms with Gasteiger partial charge in [0.1, 0.15) is 28.2 Å². The van der Waals surface area contributed by atoms with Crippen molar-refractivity contribution >= 4 is 29.3 Å². The van der Waals surface area contributed by atoms with Gasteiger partial charge in [-0.15, -0.1) is 21.5 Å². The second-order valence-corrected chi connectivity index (χ2v) is 12.1. The van der Waals surface area contributed by atoms with E-state index in [2.05, 4.69) is 35.8 Å². The average Bonchev–Trinajstić information content (AvgIpc) is 3.63. The van der Waals surface area contributed by atoms with E-state index in [1.807, 2.05) is 13.8 Å². The van der Waals surface area contributed by atoms with E-state index in [1.54, 1.807) is 46.9 Å². The van der Waals surface area contributed by atoms with E-state index in [4.69, 9.17) is 9.15 Å². The van der Waals surface area contributed by atoms with Gasteiger partial charge in [-0.3, -0.25) is 15.2 Å². The smallest absolute Gasteiger partial charge is 0.434 e. The molecule has 2 N–H and O–H groups in total. The minimum absolute atomic E-state index is 0.0627. The number of carbonyl (C=O) groups excluding carboxylic acids is 2. The van der Waals surface area contributed by atoms with E-state index in [0.717, 1.165) is 16.7 Å². The van der Waals surface area contributed by atoms with Crippen LogP contribution < -0.4 is 10.6 Å². The first-order valence-electron chi connectivity index (χ1n) is 13.9. The van der Waals surface area contributed by atoms with Gasteiger partial charge in [-0.25, -0.2) is 19.6 Å². The average molecular weight is 647 g/mol. The van der Waals surface area contributed by atoms with E-state index in [9.17, 15) is 22.8 Å². The lowest BCUT2D eigenvalue weighted by atomic mass is 10.0. The molecule has 4 aromatic rings. The molecule has 16 heteroatoms. The summed E-state index contributed by atoms with van der Waals surface area (Å²) in [7, 11) is 1.59. The van der Waals surface area contributed by atoms with Gasteiger partial charge in [0.15, 0.2) is 5.69 Å². The summed E-state index contributed by atoms with van der Waals surface area (Å²) in [5.74, 6) is 0.238. The molecule has 0 aromatic carbocycles. The summed E-state index contributed by atoms with van der Waals surface area (Å²) in [6, 6.07) is 3.60. The van der Waals surface area contributed by atoms with E-state index >= 15 is 0 Å². The van der Waals surface area contributed by atoms with Crippen molar-refractivity contribution in [1.29, 1.82) is 0 Å². The van der Waals surface area contributed by atoms with Crippen LogP contribution in [0.3, 0.4) is 0 Å². The number of halogens is 3.